The summed E-state index contributed by atoms with van der Waals surface area (Å²) in [5.74, 6) is 0.531. The molecule has 202 valence electrons. The van der Waals surface area contributed by atoms with Gasteiger partial charge in [-0.1, -0.05) is 58.0 Å². The Labute approximate surface area is 226 Å². The van der Waals surface area contributed by atoms with Crippen LogP contribution >= 0.6 is 0 Å². The first-order valence-corrected chi connectivity index (χ1v) is 15.3. The Balaban J connectivity index is 1.36. The van der Waals surface area contributed by atoms with Crippen LogP contribution in [0.5, 0.6) is 0 Å². The summed E-state index contributed by atoms with van der Waals surface area (Å²) in [7, 11) is -3.28. The molecule has 1 aliphatic heterocycles. The standard InChI is InChI=1S/C30H38N4O3S/c1-5-38(36,37)24-15-11-22(31-17-24)12-16-28(35)33-18-25(21-9-7-6-8-10-21)26(19-33)27-20-34(23-13-14-23)32-29(27)30(2,3)4/h6-11,15,17,20,23,25-26H,5,12-14,16,18-19H2,1-4H3. The maximum Gasteiger partial charge on any atom is 0.222 e. The molecule has 3 aromatic rings. The van der Waals surface area contributed by atoms with Crippen LogP contribution in [0.2, 0.25) is 0 Å². The van der Waals surface area contributed by atoms with Gasteiger partial charge in [-0.05, 0) is 42.5 Å². The Morgan fingerprint density at radius 2 is 1.74 bits per heavy atom. The lowest BCUT2D eigenvalue weighted by atomic mass is 9.79. The van der Waals surface area contributed by atoms with Crippen LogP contribution in [0.1, 0.15) is 87.3 Å². The molecule has 7 nitrogen and oxygen atoms in total. The van der Waals surface area contributed by atoms with Crippen molar-refractivity contribution in [2.45, 2.75) is 81.6 Å². The number of hydrogen-bond donors (Lipinski definition) is 0. The Bertz CT molecular complexity index is 1390. The molecule has 2 fully saturated rings. The maximum absolute atomic E-state index is 13.4. The highest BCUT2D eigenvalue weighted by Gasteiger charge is 2.41. The van der Waals surface area contributed by atoms with E-state index in [4.69, 9.17) is 5.10 Å². The van der Waals surface area contributed by atoms with Crippen LogP contribution in [0, 0.1) is 0 Å². The molecule has 2 unspecified atom stereocenters. The highest BCUT2D eigenvalue weighted by atomic mass is 32.2. The Hall–Kier alpha value is -3.00. The van der Waals surface area contributed by atoms with Crippen molar-refractivity contribution in [2.75, 3.05) is 18.8 Å². The fraction of sp³-hybridized carbons (Fsp3) is 0.500. The maximum atomic E-state index is 13.4. The first-order chi connectivity index (χ1) is 18.1. The molecule has 1 amide bonds. The zero-order chi connectivity index (χ0) is 27.1. The summed E-state index contributed by atoms with van der Waals surface area (Å²) in [5.41, 5.74) is 4.29. The largest absolute Gasteiger partial charge is 0.341 e. The van der Waals surface area contributed by atoms with Crippen molar-refractivity contribution < 1.29 is 13.2 Å². The van der Waals surface area contributed by atoms with Crippen molar-refractivity contribution in [1.82, 2.24) is 19.7 Å². The van der Waals surface area contributed by atoms with Crippen LogP contribution in [-0.2, 0) is 26.5 Å². The van der Waals surface area contributed by atoms with Crippen molar-refractivity contribution in [2.24, 2.45) is 0 Å². The lowest BCUT2D eigenvalue weighted by Gasteiger charge is -2.23. The minimum absolute atomic E-state index is 0.0434. The summed E-state index contributed by atoms with van der Waals surface area (Å²) in [6, 6.07) is 14.3. The molecule has 5 rings (SSSR count). The fourth-order valence-corrected chi connectivity index (χ4v) is 6.27. The average Bonchev–Trinajstić information content (AvgIpc) is 3.49. The third kappa shape index (κ3) is 5.55. The lowest BCUT2D eigenvalue weighted by Crippen LogP contribution is -2.29. The number of nitrogens with zero attached hydrogens (tertiary/aromatic N) is 4. The summed E-state index contributed by atoms with van der Waals surface area (Å²) in [6.45, 7) is 9.61. The molecule has 8 heteroatoms. The smallest absolute Gasteiger partial charge is 0.222 e. The molecule has 0 bridgehead atoms. The van der Waals surface area contributed by atoms with E-state index in [1.165, 1.54) is 30.2 Å². The van der Waals surface area contributed by atoms with Gasteiger partial charge in [-0.15, -0.1) is 0 Å². The zero-order valence-corrected chi connectivity index (χ0v) is 23.6. The van der Waals surface area contributed by atoms with Gasteiger partial charge in [0.1, 0.15) is 0 Å². The predicted octanol–water partition coefficient (Wildman–Crippen LogP) is 5.05. The molecule has 1 aromatic carbocycles. The number of pyridine rings is 1. The van der Waals surface area contributed by atoms with Gasteiger partial charge in [0.05, 0.1) is 22.4 Å². The van der Waals surface area contributed by atoms with E-state index in [0.717, 1.165) is 11.4 Å². The van der Waals surface area contributed by atoms with Crippen LogP contribution in [0.3, 0.4) is 0 Å². The van der Waals surface area contributed by atoms with E-state index in [1.54, 1.807) is 19.1 Å². The summed E-state index contributed by atoms with van der Waals surface area (Å²) in [5, 5.41) is 5.05. The molecule has 2 aromatic heterocycles. The second kappa shape index (κ2) is 10.3. The second-order valence-electron chi connectivity index (χ2n) is 11.7. The predicted molar refractivity (Wildman–Crippen MR) is 148 cm³/mol. The lowest BCUT2D eigenvalue weighted by molar-refractivity contribution is -0.130. The molecule has 0 spiro atoms. The van der Waals surface area contributed by atoms with Gasteiger partial charge in [0.2, 0.25) is 5.91 Å². The van der Waals surface area contributed by atoms with E-state index in [0.29, 0.717) is 32.0 Å². The zero-order valence-electron chi connectivity index (χ0n) is 22.8. The molecule has 1 saturated carbocycles. The minimum atomic E-state index is -3.28. The number of aromatic nitrogens is 3. The molecule has 2 atom stereocenters. The average molecular weight is 535 g/mol. The molecular formula is C30H38N4O3S. The monoisotopic (exact) mass is 534 g/mol. The van der Waals surface area contributed by atoms with Crippen molar-refractivity contribution in [3.63, 3.8) is 0 Å². The summed E-state index contributed by atoms with van der Waals surface area (Å²) < 4.78 is 26.3. The number of sulfone groups is 1. The van der Waals surface area contributed by atoms with Crippen molar-refractivity contribution in [1.29, 1.82) is 0 Å². The topological polar surface area (TPSA) is 85.2 Å². The molecule has 1 saturated heterocycles. The van der Waals surface area contributed by atoms with Crippen LogP contribution in [-0.4, -0.2) is 52.8 Å². The van der Waals surface area contributed by atoms with Crippen LogP contribution in [0.25, 0.3) is 0 Å². The van der Waals surface area contributed by atoms with Gasteiger partial charge in [0.25, 0.3) is 0 Å². The van der Waals surface area contributed by atoms with Gasteiger partial charge in [-0.2, -0.15) is 5.10 Å². The normalized spacial score (nSPS) is 20.2. The van der Waals surface area contributed by atoms with E-state index < -0.39 is 9.84 Å². The highest BCUT2D eigenvalue weighted by molar-refractivity contribution is 7.91. The van der Waals surface area contributed by atoms with Gasteiger partial charge in [-0.3, -0.25) is 14.5 Å². The number of likely N-dealkylation sites (tertiary alicyclic amines) is 1. The number of carbonyl (C=O) groups excluding carboxylic acids is 1. The summed E-state index contributed by atoms with van der Waals surface area (Å²) in [6.07, 6.45) is 6.84. The SMILES string of the molecule is CCS(=O)(=O)c1ccc(CCC(=O)N2CC(c3ccccc3)C(c3cn(C4CC4)nc3C(C)(C)C)C2)nc1. The minimum Gasteiger partial charge on any atom is -0.341 e. The van der Waals surface area contributed by atoms with Gasteiger partial charge >= 0.3 is 0 Å². The van der Waals surface area contributed by atoms with Crippen LogP contribution in [0.15, 0.2) is 59.8 Å². The number of rotatable bonds is 8. The Kier molecular flexibility index (Phi) is 7.20. The van der Waals surface area contributed by atoms with E-state index in [-0.39, 0.29) is 33.8 Å². The van der Waals surface area contributed by atoms with E-state index in [1.807, 2.05) is 11.0 Å². The van der Waals surface area contributed by atoms with Crippen molar-refractivity contribution >= 4 is 15.7 Å². The molecule has 0 radical (unpaired) electrons. The molecule has 3 heterocycles. The number of aryl methyl sites for hydroxylation is 1. The van der Waals surface area contributed by atoms with Crippen molar-refractivity contribution in [3.8, 4) is 0 Å². The number of carbonyl (C=O) groups is 1. The summed E-state index contributed by atoms with van der Waals surface area (Å²) in [4.78, 5) is 20.0. The van der Waals surface area contributed by atoms with Gasteiger partial charge < -0.3 is 4.90 Å². The van der Waals surface area contributed by atoms with E-state index in [9.17, 15) is 13.2 Å². The van der Waals surface area contributed by atoms with Crippen LogP contribution < -0.4 is 0 Å². The van der Waals surface area contributed by atoms with E-state index >= 15 is 0 Å². The molecule has 0 N–H and O–H groups in total. The van der Waals surface area contributed by atoms with Gasteiger partial charge in [0, 0.05) is 54.8 Å². The fourth-order valence-electron chi connectivity index (χ4n) is 5.45. The Morgan fingerprint density at radius 3 is 2.34 bits per heavy atom. The first-order valence-electron chi connectivity index (χ1n) is 13.7. The van der Waals surface area contributed by atoms with Gasteiger partial charge in [-0.25, -0.2) is 8.42 Å². The third-order valence-corrected chi connectivity index (χ3v) is 9.54. The highest BCUT2D eigenvalue weighted by Crippen LogP contribution is 2.45. The number of benzene rings is 1. The third-order valence-electron chi connectivity index (χ3n) is 7.82. The number of amides is 1. The first kappa shape index (κ1) is 26.6. The quantitative estimate of drug-likeness (QED) is 0.404. The molecule has 1 aliphatic carbocycles. The Morgan fingerprint density at radius 1 is 1.03 bits per heavy atom. The molecule has 2 aliphatic rings. The van der Waals surface area contributed by atoms with Crippen molar-refractivity contribution in [3.05, 3.63) is 77.4 Å². The van der Waals surface area contributed by atoms with E-state index in [2.05, 4.69) is 60.9 Å². The molecular weight excluding hydrogens is 496 g/mol. The van der Waals surface area contributed by atoms with Gasteiger partial charge in [0.15, 0.2) is 9.84 Å². The summed E-state index contributed by atoms with van der Waals surface area (Å²) >= 11 is 0. The second-order valence-corrected chi connectivity index (χ2v) is 14.0. The van der Waals surface area contributed by atoms with Crippen LogP contribution in [0.4, 0.5) is 0 Å². The molecule has 38 heavy (non-hydrogen) atoms. The number of hydrogen-bond acceptors (Lipinski definition) is 5.